The summed E-state index contributed by atoms with van der Waals surface area (Å²) in [6, 6.07) is 0. The van der Waals surface area contributed by atoms with E-state index in [1.54, 1.807) is 9.80 Å². The third-order valence-electron chi connectivity index (χ3n) is 4.09. The smallest absolute Gasteiger partial charge is 0.303 e. The predicted octanol–water partition coefficient (Wildman–Crippen LogP) is 5.21. The van der Waals surface area contributed by atoms with E-state index in [1.165, 1.54) is 64.2 Å². The van der Waals surface area contributed by atoms with Crippen LogP contribution in [0.3, 0.4) is 0 Å². The third kappa shape index (κ3) is 22.7. The van der Waals surface area contributed by atoms with E-state index in [0.717, 1.165) is 12.8 Å². The standard InChI is InChI=1S/C15H30O2.C5H13N3/c1-2-3-4-5-6-7-8-9-10-11-12-13-14-15(16)17;1-7(2)5(6)8(3)4/h2-14H2,1H3,(H,16,17);6H,1-4H3. The van der Waals surface area contributed by atoms with Gasteiger partial charge in [0.25, 0.3) is 0 Å². The third-order valence-corrected chi connectivity index (χ3v) is 4.09. The molecule has 0 saturated heterocycles. The molecule has 0 fully saturated rings. The number of hydrogen-bond donors (Lipinski definition) is 2. The Balaban J connectivity index is 0. The van der Waals surface area contributed by atoms with Gasteiger partial charge < -0.3 is 14.9 Å². The average molecular weight is 358 g/mol. The number of aliphatic carboxylic acids is 1. The molecule has 0 aromatic rings. The molecular formula is C20H43N3O2. The van der Waals surface area contributed by atoms with Crippen molar-refractivity contribution < 1.29 is 9.90 Å². The van der Waals surface area contributed by atoms with Gasteiger partial charge in [-0.15, -0.1) is 0 Å². The molecular weight excluding hydrogens is 314 g/mol. The average Bonchev–Trinajstić information content (AvgIpc) is 2.55. The van der Waals surface area contributed by atoms with Gasteiger partial charge in [0, 0.05) is 34.6 Å². The lowest BCUT2D eigenvalue weighted by Gasteiger charge is -2.19. The highest BCUT2D eigenvalue weighted by Crippen LogP contribution is 2.12. The molecule has 0 radical (unpaired) electrons. The fraction of sp³-hybridized carbons (Fsp3) is 0.900. The second-order valence-electron chi connectivity index (χ2n) is 7.15. The molecule has 150 valence electrons. The van der Waals surface area contributed by atoms with Crippen molar-refractivity contribution in [3.8, 4) is 0 Å². The van der Waals surface area contributed by atoms with Crippen molar-refractivity contribution in [3.05, 3.63) is 0 Å². The van der Waals surface area contributed by atoms with Gasteiger partial charge in [0.15, 0.2) is 5.96 Å². The number of nitrogens with one attached hydrogen (secondary N) is 1. The number of carboxylic acid groups (broad SMARTS) is 1. The maximum atomic E-state index is 10.3. The maximum absolute atomic E-state index is 10.3. The summed E-state index contributed by atoms with van der Waals surface area (Å²) in [7, 11) is 7.40. The summed E-state index contributed by atoms with van der Waals surface area (Å²) >= 11 is 0. The molecule has 0 aliphatic carbocycles. The van der Waals surface area contributed by atoms with E-state index < -0.39 is 5.97 Å². The molecule has 5 nitrogen and oxygen atoms in total. The van der Waals surface area contributed by atoms with Gasteiger partial charge >= 0.3 is 5.97 Å². The molecule has 0 heterocycles. The number of carboxylic acids is 1. The van der Waals surface area contributed by atoms with Crippen molar-refractivity contribution in [1.82, 2.24) is 9.80 Å². The van der Waals surface area contributed by atoms with Crippen LogP contribution >= 0.6 is 0 Å². The monoisotopic (exact) mass is 357 g/mol. The molecule has 0 amide bonds. The quantitative estimate of drug-likeness (QED) is 0.270. The van der Waals surface area contributed by atoms with Gasteiger partial charge in [-0.1, -0.05) is 77.6 Å². The van der Waals surface area contributed by atoms with E-state index in [9.17, 15) is 4.79 Å². The number of carbonyl (C=O) groups is 1. The molecule has 5 heteroatoms. The fourth-order valence-corrected chi connectivity index (χ4v) is 2.52. The first-order chi connectivity index (χ1) is 11.8. The maximum Gasteiger partial charge on any atom is 0.303 e. The van der Waals surface area contributed by atoms with Crippen molar-refractivity contribution in [2.75, 3.05) is 28.2 Å². The van der Waals surface area contributed by atoms with Crippen LogP contribution in [0.5, 0.6) is 0 Å². The number of rotatable bonds is 13. The van der Waals surface area contributed by atoms with Gasteiger partial charge in [-0.3, -0.25) is 10.2 Å². The zero-order chi connectivity index (χ0) is 19.5. The SMILES string of the molecule is CCCCCCCCCCCCCCC(=O)O.CN(C)C(=N)N(C)C. The van der Waals surface area contributed by atoms with Gasteiger partial charge in [-0.05, 0) is 6.42 Å². The first-order valence-corrected chi connectivity index (χ1v) is 9.97. The largest absolute Gasteiger partial charge is 0.481 e. The second kappa shape index (κ2) is 19.1. The van der Waals surface area contributed by atoms with Gasteiger partial charge in [0.1, 0.15) is 0 Å². The number of nitrogens with zero attached hydrogens (tertiary/aromatic N) is 2. The van der Waals surface area contributed by atoms with E-state index >= 15 is 0 Å². The van der Waals surface area contributed by atoms with E-state index in [0.29, 0.717) is 12.4 Å². The van der Waals surface area contributed by atoms with Crippen LogP contribution in [0.2, 0.25) is 0 Å². The highest BCUT2D eigenvalue weighted by atomic mass is 16.4. The summed E-state index contributed by atoms with van der Waals surface area (Å²) in [5.74, 6) is -0.137. The Kier molecular flexibility index (Phi) is 19.8. The van der Waals surface area contributed by atoms with Crippen molar-refractivity contribution in [2.24, 2.45) is 0 Å². The molecule has 2 N–H and O–H groups in total. The molecule has 0 aliphatic heterocycles. The Labute approximate surface area is 156 Å². The normalized spacial score (nSPS) is 9.96. The zero-order valence-corrected chi connectivity index (χ0v) is 17.4. The Morgan fingerprint density at radius 3 is 1.28 bits per heavy atom. The number of hydrogen-bond acceptors (Lipinski definition) is 2. The van der Waals surface area contributed by atoms with E-state index in [2.05, 4.69) is 6.92 Å². The van der Waals surface area contributed by atoms with E-state index in [1.807, 2.05) is 28.2 Å². The van der Waals surface area contributed by atoms with Crippen LogP contribution in [-0.4, -0.2) is 55.0 Å². The summed E-state index contributed by atoms with van der Waals surface area (Å²) < 4.78 is 0. The van der Waals surface area contributed by atoms with Gasteiger partial charge in [0.05, 0.1) is 0 Å². The van der Waals surface area contributed by atoms with Crippen LogP contribution in [0.1, 0.15) is 90.4 Å². The first kappa shape index (κ1) is 26.0. The molecule has 0 aromatic carbocycles. The molecule has 0 bridgehead atoms. The van der Waals surface area contributed by atoms with Crippen LogP contribution in [0.15, 0.2) is 0 Å². The molecule has 0 unspecified atom stereocenters. The molecule has 0 atom stereocenters. The lowest BCUT2D eigenvalue weighted by molar-refractivity contribution is -0.137. The molecule has 25 heavy (non-hydrogen) atoms. The molecule has 0 saturated carbocycles. The number of guanidine groups is 1. The molecule has 0 rings (SSSR count). The molecule has 0 aliphatic rings. The van der Waals surface area contributed by atoms with Gasteiger partial charge in [-0.2, -0.15) is 0 Å². The summed E-state index contributed by atoms with van der Waals surface area (Å²) in [4.78, 5) is 13.8. The summed E-state index contributed by atoms with van der Waals surface area (Å²) in [6.07, 6.45) is 15.8. The Hall–Kier alpha value is -1.26. The van der Waals surface area contributed by atoms with Crippen molar-refractivity contribution in [1.29, 1.82) is 5.41 Å². The van der Waals surface area contributed by atoms with E-state index in [4.69, 9.17) is 10.5 Å². The highest BCUT2D eigenvalue weighted by molar-refractivity contribution is 5.75. The Bertz CT molecular complexity index is 308. The van der Waals surface area contributed by atoms with Gasteiger partial charge in [0.2, 0.25) is 0 Å². The minimum atomic E-state index is -0.655. The minimum absolute atomic E-state index is 0.345. The topological polar surface area (TPSA) is 67.6 Å². The fourth-order valence-electron chi connectivity index (χ4n) is 2.52. The van der Waals surface area contributed by atoms with Crippen LogP contribution in [0, 0.1) is 5.41 Å². The van der Waals surface area contributed by atoms with Crippen molar-refractivity contribution in [3.63, 3.8) is 0 Å². The summed E-state index contributed by atoms with van der Waals surface area (Å²) in [5, 5.41) is 15.7. The van der Waals surface area contributed by atoms with Crippen LogP contribution in [0.25, 0.3) is 0 Å². The summed E-state index contributed by atoms with van der Waals surface area (Å²) in [5.41, 5.74) is 0. The van der Waals surface area contributed by atoms with Crippen molar-refractivity contribution >= 4 is 11.9 Å². The molecule has 0 spiro atoms. The van der Waals surface area contributed by atoms with E-state index in [-0.39, 0.29) is 0 Å². The number of unbranched alkanes of at least 4 members (excludes halogenated alkanes) is 11. The summed E-state index contributed by atoms with van der Waals surface area (Å²) in [6.45, 7) is 2.25. The minimum Gasteiger partial charge on any atom is -0.481 e. The lowest BCUT2D eigenvalue weighted by atomic mass is 10.0. The van der Waals surface area contributed by atoms with Crippen LogP contribution in [-0.2, 0) is 4.79 Å². The second-order valence-corrected chi connectivity index (χ2v) is 7.15. The van der Waals surface area contributed by atoms with Crippen molar-refractivity contribution in [2.45, 2.75) is 90.4 Å². The predicted molar refractivity (Wildman–Crippen MR) is 108 cm³/mol. The van der Waals surface area contributed by atoms with Crippen LogP contribution < -0.4 is 0 Å². The Morgan fingerprint density at radius 2 is 1.04 bits per heavy atom. The molecule has 0 aromatic heterocycles. The van der Waals surface area contributed by atoms with Gasteiger partial charge in [-0.25, -0.2) is 0 Å². The highest BCUT2D eigenvalue weighted by Gasteiger charge is 1.98. The van der Waals surface area contributed by atoms with Crippen LogP contribution in [0.4, 0.5) is 0 Å². The first-order valence-electron chi connectivity index (χ1n) is 9.97. The lowest BCUT2D eigenvalue weighted by Crippen LogP contribution is -2.34. The Morgan fingerprint density at radius 1 is 0.720 bits per heavy atom. The zero-order valence-electron chi connectivity index (χ0n) is 17.4.